The first-order valence-electron chi connectivity index (χ1n) is 11.5. The number of hydrogen-bond acceptors (Lipinski definition) is 7. The second-order valence-electron chi connectivity index (χ2n) is 9.09. The number of carbonyl (C=O) groups excluding carboxylic acids is 2. The monoisotopic (exact) mass is 481 g/mol. The molecule has 8 nitrogen and oxygen atoms in total. The molecule has 0 saturated carbocycles. The summed E-state index contributed by atoms with van der Waals surface area (Å²) in [5, 5.41) is 11.4. The molecule has 3 aromatic rings. The van der Waals surface area contributed by atoms with Crippen LogP contribution in [0.3, 0.4) is 0 Å². The number of carbonyl (C=O) groups is 2. The molecule has 0 fully saturated rings. The fourth-order valence-corrected chi connectivity index (χ4v) is 4.71. The van der Waals surface area contributed by atoms with Crippen molar-refractivity contribution < 1.29 is 33.3 Å². The minimum Gasteiger partial charge on any atom is -0.507 e. The molecule has 1 aromatic heterocycles. The number of methoxy groups -OCH3 is 3. The molecule has 1 aliphatic heterocycles. The van der Waals surface area contributed by atoms with Gasteiger partial charge in [0.25, 0.3) is 0 Å². The number of ether oxygens (including phenoxy) is 3. The normalized spacial score (nSPS) is 13.6. The van der Waals surface area contributed by atoms with Crippen molar-refractivity contribution in [3.63, 3.8) is 0 Å². The van der Waals surface area contributed by atoms with Gasteiger partial charge in [-0.15, -0.1) is 0 Å². The van der Waals surface area contributed by atoms with Crippen LogP contribution in [0.4, 0.5) is 0 Å². The molecule has 1 amide bonds. The summed E-state index contributed by atoms with van der Waals surface area (Å²) in [6, 6.07) is 3.84. The third-order valence-corrected chi connectivity index (χ3v) is 7.05. The SMILES string of the molecule is COC(=O)[C@@H](C)CC(=O)N1Cc2cc(OC)c(-c3oc4c(C)c(C)c(C)c(O)c4c3OC)cc2C1. The Kier molecular flexibility index (Phi) is 6.40. The molecule has 1 atom stereocenters. The number of benzene rings is 2. The molecule has 0 saturated heterocycles. The number of amides is 1. The number of phenols is 1. The van der Waals surface area contributed by atoms with E-state index in [0.29, 0.717) is 46.9 Å². The van der Waals surface area contributed by atoms with Gasteiger partial charge in [0.15, 0.2) is 11.5 Å². The molecule has 186 valence electrons. The molecule has 1 aliphatic rings. The molecule has 0 bridgehead atoms. The van der Waals surface area contributed by atoms with Crippen molar-refractivity contribution in [3.8, 4) is 28.6 Å². The number of phenolic OH excluding ortho intramolecular Hbond substituents is 1. The van der Waals surface area contributed by atoms with E-state index < -0.39 is 11.9 Å². The molecule has 35 heavy (non-hydrogen) atoms. The highest BCUT2D eigenvalue weighted by molar-refractivity contribution is 6.00. The molecule has 0 aliphatic carbocycles. The third-order valence-electron chi connectivity index (χ3n) is 7.05. The third kappa shape index (κ3) is 3.96. The van der Waals surface area contributed by atoms with Gasteiger partial charge in [0.05, 0.1) is 32.8 Å². The van der Waals surface area contributed by atoms with Crippen LogP contribution < -0.4 is 9.47 Å². The zero-order chi connectivity index (χ0) is 25.6. The minimum atomic E-state index is -0.510. The standard InChI is InChI=1S/C27H31NO7/c1-13(27(31)34-7)8-21(29)28-11-17-9-19(20(32-5)10-18(17)12-28)25-26(33-6)22-23(30)15(3)14(2)16(4)24(22)35-25/h9-10,13,30H,8,11-12H2,1-7H3/t13-/m0/s1. The molecule has 2 heterocycles. The smallest absolute Gasteiger partial charge is 0.308 e. The minimum absolute atomic E-state index is 0.0826. The zero-order valence-corrected chi connectivity index (χ0v) is 21.2. The van der Waals surface area contributed by atoms with E-state index in [1.165, 1.54) is 7.11 Å². The van der Waals surface area contributed by atoms with E-state index in [-0.39, 0.29) is 18.1 Å². The maximum Gasteiger partial charge on any atom is 0.308 e. The van der Waals surface area contributed by atoms with Crippen LogP contribution in [0, 0.1) is 26.7 Å². The number of fused-ring (bicyclic) bond motifs is 2. The quantitative estimate of drug-likeness (QED) is 0.506. The molecule has 0 unspecified atom stereocenters. The number of esters is 1. The van der Waals surface area contributed by atoms with Crippen LogP contribution in [0.2, 0.25) is 0 Å². The maximum absolute atomic E-state index is 12.8. The molecule has 1 N–H and O–H groups in total. The van der Waals surface area contributed by atoms with E-state index in [4.69, 9.17) is 18.6 Å². The van der Waals surface area contributed by atoms with Gasteiger partial charge in [-0.2, -0.15) is 0 Å². The van der Waals surface area contributed by atoms with Gasteiger partial charge in [-0.3, -0.25) is 9.59 Å². The van der Waals surface area contributed by atoms with Gasteiger partial charge in [0, 0.05) is 19.5 Å². The molecular formula is C27H31NO7. The Balaban J connectivity index is 1.76. The first kappa shape index (κ1) is 24.4. The van der Waals surface area contributed by atoms with Crippen LogP contribution in [0.25, 0.3) is 22.3 Å². The van der Waals surface area contributed by atoms with E-state index in [2.05, 4.69) is 0 Å². The fraction of sp³-hybridized carbons (Fsp3) is 0.407. The van der Waals surface area contributed by atoms with Crippen LogP contribution in [0.5, 0.6) is 17.2 Å². The first-order chi connectivity index (χ1) is 16.6. The predicted molar refractivity (Wildman–Crippen MR) is 131 cm³/mol. The lowest BCUT2D eigenvalue weighted by atomic mass is 9.99. The second kappa shape index (κ2) is 9.17. The summed E-state index contributed by atoms with van der Waals surface area (Å²) in [7, 11) is 4.44. The Morgan fingerprint density at radius 1 is 1.03 bits per heavy atom. The van der Waals surface area contributed by atoms with Crippen LogP contribution in [0.1, 0.15) is 41.2 Å². The lowest BCUT2D eigenvalue weighted by Crippen LogP contribution is -2.29. The van der Waals surface area contributed by atoms with Gasteiger partial charge in [-0.1, -0.05) is 6.92 Å². The van der Waals surface area contributed by atoms with Crippen molar-refractivity contribution in [2.24, 2.45) is 5.92 Å². The molecule has 4 rings (SSSR count). The summed E-state index contributed by atoms with van der Waals surface area (Å²) >= 11 is 0. The Morgan fingerprint density at radius 3 is 2.29 bits per heavy atom. The molecular weight excluding hydrogens is 450 g/mol. The molecule has 0 spiro atoms. The van der Waals surface area contributed by atoms with Crippen molar-refractivity contribution in [2.45, 2.75) is 47.2 Å². The predicted octanol–water partition coefficient (Wildman–Crippen LogP) is 4.79. The largest absolute Gasteiger partial charge is 0.507 e. The summed E-state index contributed by atoms with van der Waals surface area (Å²) in [5.41, 5.74) is 5.81. The number of rotatable bonds is 6. The van der Waals surface area contributed by atoms with Crippen LogP contribution in [-0.4, -0.2) is 43.2 Å². The van der Waals surface area contributed by atoms with Gasteiger partial charge >= 0.3 is 5.97 Å². The molecule has 8 heteroatoms. The summed E-state index contributed by atoms with van der Waals surface area (Å²) in [6.07, 6.45) is 0.0826. The average molecular weight is 482 g/mol. The Bertz CT molecular complexity index is 1340. The summed E-state index contributed by atoms with van der Waals surface area (Å²) in [4.78, 5) is 26.3. The van der Waals surface area contributed by atoms with Crippen molar-refractivity contribution in [1.82, 2.24) is 4.90 Å². The van der Waals surface area contributed by atoms with Crippen molar-refractivity contribution in [1.29, 1.82) is 0 Å². The maximum atomic E-state index is 12.8. The van der Waals surface area contributed by atoms with Crippen LogP contribution in [-0.2, 0) is 27.4 Å². The highest BCUT2D eigenvalue weighted by Crippen LogP contribution is 2.50. The highest BCUT2D eigenvalue weighted by Gasteiger charge is 2.31. The molecule has 2 aromatic carbocycles. The van der Waals surface area contributed by atoms with E-state index in [1.54, 1.807) is 26.0 Å². The second-order valence-corrected chi connectivity index (χ2v) is 9.09. The number of furan rings is 1. The average Bonchev–Trinajstić information content (AvgIpc) is 3.45. The van der Waals surface area contributed by atoms with Gasteiger partial charge in [0.2, 0.25) is 5.91 Å². The first-order valence-corrected chi connectivity index (χ1v) is 11.5. The Morgan fingerprint density at radius 2 is 1.69 bits per heavy atom. The van der Waals surface area contributed by atoms with Crippen LogP contribution >= 0.6 is 0 Å². The van der Waals surface area contributed by atoms with E-state index in [9.17, 15) is 14.7 Å². The summed E-state index contributed by atoms with van der Waals surface area (Å²) < 4.78 is 22.5. The Labute approximate surface area is 204 Å². The lowest BCUT2D eigenvalue weighted by Gasteiger charge is -2.17. The van der Waals surface area contributed by atoms with Gasteiger partial charge in [0.1, 0.15) is 22.5 Å². The zero-order valence-electron chi connectivity index (χ0n) is 21.2. The van der Waals surface area contributed by atoms with Crippen LogP contribution in [0.15, 0.2) is 16.5 Å². The van der Waals surface area contributed by atoms with Crippen molar-refractivity contribution >= 4 is 22.8 Å². The van der Waals surface area contributed by atoms with E-state index in [0.717, 1.165) is 27.8 Å². The number of aryl methyl sites for hydroxylation is 1. The topological polar surface area (TPSA) is 98.4 Å². The number of hydrogen-bond donors (Lipinski definition) is 1. The van der Waals surface area contributed by atoms with Gasteiger partial charge in [-0.05, 0) is 60.7 Å². The summed E-state index contributed by atoms with van der Waals surface area (Å²) in [6.45, 7) is 8.28. The lowest BCUT2D eigenvalue weighted by molar-refractivity contribution is -0.148. The van der Waals surface area contributed by atoms with Gasteiger partial charge in [-0.25, -0.2) is 0 Å². The highest BCUT2D eigenvalue weighted by atomic mass is 16.5. The fourth-order valence-electron chi connectivity index (χ4n) is 4.71. The Hall–Kier alpha value is -3.68. The van der Waals surface area contributed by atoms with E-state index >= 15 is 0 Å². The number of nitrogens with zero attached hydrogens (tertiary/aromatic N) is 1. The molecule has 0 radical (unpaired) electrons. The van der Waals surface area contributed by atoms with Gasteiger partial charge < -0.3 is 28.6 Å². The van der Waals surface area contributed by atoms with E-state index in [1.807, 2.05) is 32.9 Å². The summed E-state index contributed by atoms with van der Waals surface area (Å²) in [5.74, 6) is 0.557. The van der Waals surface area contributed by atoms with Crippen molar-refractivity contribution in [2.75, 3.05) is 21.3 Å². The van der Waals surface area contributed by atoms with Crippen molar-refractivity contribution in [3.05, 3.63) is 39.9 Å². The number of aromatic hydroxyl groups is 1.